The molecular formula is C17H21N3O3S. The van der Waals surface area contributed by atoms with Crippen LogP contribution in [-0.4, -0.2) is 33.2 Å². The van der Waals surface area contributed by atoms with Gasteiger partial charge in [0.15, 0.2) is 4.77 Å². The number of aromatic amines is 1. The van der Waals surface area contributed by atoms with Crippen LogP contribution in [0.25, 0.3) is 10.9 Å². The van der Waals surface area contributed by atoms with Gasteiger partial charge in [-0.05, 0) is 43.3 Å². The predicted molar refractivity (Wildman–Crippen MR) is 94.7 cm³/mol. The molecule has 0 saturated heterocycles. The Labute approximate surface area is 144 Å². The van der Waals surface area contributed by atoms with Crippen LogP contribution in [0.5, 0.6) is 0 Å². The lowest BCUT2D eigenvalue weighted by Crippen LogP contribution is -2.36. The third-order valence-electron chi connectivity index (χ3n) is 4.76. The second kappa shape index (κ2) is 6.86. The Balaban J connectivity index is 1.79. The normalized spacial score (nSPS) is 20.9. The Kier molecular flexibility index (Phi) is 4.82. The fourth-order valence-electron chi connectivity index (χ4n) is 3.20. The van der Waals surface area contributed by atoms with E-state index in [2.05, 4.69) is 10.3 Å². The fourth-order valence-corrected chi connectivity index (χ4v) is 3.39. The molecule has 1 aliphatic carbocycles. The molecule has 1 fully saturated rings. The smallest absolute Gasteiger partial charge is 0.261 e. The van der Waals surface area contributed by atoms with Gasteiger partial charge in [0.25, 0.3) is 11.5 Å². The Bertz CT molecular complexity index is 887. The van der Waals surface area contributed by atoms with Crippen molar-refractivity contribution in [2.24, 2.45) is 13.0 Å². The van der Waals surface area contributed by atoms with E-state index >= 15 is 0 Å². The molecule has 24 heavy (non-hydrogen) atoms. The highest BCUT2D eigenvalue weighted by atomic mass is 32.1. The monoisotopic (exact) mass is 347 g/mol. The van der Waals surface area contributed by atoms with E-state index in [1.54, 1.807) is 25.2 Å². The molecule has 128 valence electrons. The van der Waals surface area contributed by atoms with Crippen LogP contribution in [0.1, 0.15) is 36.0 Å². The summed E-state index contributed by atoms with van der Waals surface area (Å²) in [4.78, 5) is 27.5. The van der Waals surface area contributed by atoms with Gasteiger partial charge in [0.05, 0.1) is 17.0 Å². The number of carbonyl (C=O) groups excluding carboxylic acids is 1. The van der Waals surface area contributed by atoms with E-state index in [0.29, 0.717) is 27.8 Å². The van der Waals surface area contributed by atoms with Gasteiger partial charge in [0.1, 0.15) is 0 Å². The molecule has 6 nitrogen and oxygen atoms in total. The zero-order chi connectivity index (χ0) is 17.3. The van der Waals surface area contributed by atoms with E-state index in [9.17, 15) is 14.7 Å². The summed E-state index contributed by atoms with van der Waals surface area (Å²) in [6.07, 6.45) is 3.53. The average molecular weight is 347 g/mol. The maximum Gasteiger partial charge on any atom is 0.261 e. The first kappa shape index (κ1) is 16.9. The first-order valence-corrected chi connectivity index (χ1v) is 8.57. The zero-order valence-corrected chi connectivity index (χ0v) is 14.4. The van der Waals surface area contributed by atoms with Crippen molar-refractivity contribution in [2.75, 3.05) is 6.54 Å². The van der Waals surface area contributed by atoms with Crippen LogP contribution in [-0.2, 0) is 7.05 Å². The third kappa shape index (κ3) is 3.27. The number of aromatic nitrogens is 2. The number of nitrogens with zero attached hydrogens (tertiary/aromatic N) is 1. The van der Waals surface area contributed by atoms with Crippen molar-refractivity contribution in [3.8, 4) is 0 Å². The van der Waals surface area contributed by atoms with Crippen molar-refractivity contribution in [3.05, 3.63) is 38.9 Å². The van der Waals surface area contributed by atoms with Crippen LogP contribution in [0, 0.1) is 10.7 Å². The molecule has 1 aromatic carbocycles. The average Bonchev–Trinajstić information content (AvgIpc) is 2.58. The third-order valence-corrected chi connectivity index (χ3v) is 5.13. The number of hydrogen-bond acceptors (Lipinski definition) is 4. The highest BCUT2D eigenvalue weighted by Gasteiger charge is 2.23. The summed E-state index contributed by atoms with van der Waals surface area (Å²) in [6.45, 7) is 0.463. The van der Waals surface area contributed by atoms with E-state index in [-0.39, 0.29) is 23.5 Å². The van der Waals surface area contributed by atoms with Gasteiger partial charge in [-0.15, -0.1) is 0 Å². The van der Waals surface area contributed by atoms with Crippen LogP contribution in [0.2, 0.25) is 0 Å². The number of rotatable bonds is 3. The van der Waals surface area contributed by atoms with Crippen molar-refractivity contribution in [1.29, 1.82) is 0 Å². The number of aliphatic hydroxyl groups excluding tert-OH is 1. The second-order valence-electron chi connectivity index (χ2n) is 6.38. The van der Waals surface area contributed by atoms with Gasteiger partial charge in [-0.2, -0.15) is 0 Å². The lowest BCUT2D eigenvalue weighted by atomic mass is 9.86. The summed E-state index contributed by atoms with van der Waals surface area (Å²) in [6, 6.07) is 4.90. The van der Waals surface area contributed by atoms with Crippen molar-refractivity contribution < 1.29 is 9.90 Å². The van der Waals surface area contributed by atoms with E-state index in [4.69, 9.17) is 12.2 Å². The minimum Gasteiger partial charge on any atom is -0.393 e. The molecule has 1 heterocycles. The van der Waals surface area contributed by atoms with Gasteiger partial charge in [-0.3, -0.25) is 14.2 Å². The molecule has 0 spiro atoms. The predicted octanol–water partition coefficient (Wildman–Crippen LogP) is 1.88. The minimum atomic E-state index is -0.338. The van der Waals surface area contributed by atoms with Gasteiger partial charge >= 0.3 is 0 Å². The molecule has 7 heteroatoms. The lowest BCUT2D eigenvalue weighted by Gasteiger charge is -2.27. The first-order valence-electron chi connectivity index (χ1n) is 8.16. The van der Waals surface area contributed by atoms with Crippen LogP contribution in [0.15, 0.2) is 23.0 Å². The van der Waals surface area contributed by atoms with Crippen molar-refractivity contribution in [1.82, 2.24) is 14.9 Å². The first-order chi connectivity index (χ1) is 11.5. The van der Waals surface area contributed by atoms with Gasteiger partial charge in [0, 0.05) is 25.1 Å². The standard InChI is InChI=1S/C17H21N3O3S/c1-20-16(23)12-7-6-10(8-13(12)19-17(20)24)15(22)18-9-11-4-2-3-5-14(11)21/h6-8,11,14,21H,2-5,9H2,1H3,(H,18,22)(H,19,24)/t11-,14+/m1/s1. The summed E-state index contributed by atoms with van der Waals surface area (Å²) >= 11 is 5.11. The van der Waals surface area contributed by atoms with Gasteiger partial charge < -0.3 is 15.4 Å². The maximum absolute atomic E-state index is 12.4. The molecule has 1 saturated carbocycles. The number of aliphatic hydroxyl groups is 1. The molecule has 2 atom stereocenters. The molecule has 0 unspecified atom stereocenters. The minimum absolute atomic E-state index is 0.112. The Morgan fingerprint density at radius 2 is 2.17 bits per heavy atom. The summed E-state index contributed by atoms with van der Waals surface area (Å²) < 4.78 is 1.68. The van der Waals surface area contributed by atoms with Gasteiger partial charge in [-0.25, -0.2) is 0 Å². The number of hydrogen-bond donors (Lipinski definition) is 3. The van der Waals surface area contributed by atoms with Crippen molar-refractivity contribution in [3.63, 3.8) is 0 Å². The summed E-state index contributed by atoms with van der Waals surface area (Å²) in [5.74, 6) is -0.101. The Hall–Kier alpha value is -1.99. The van der Waals surface area contributed by atoms with E-state index < -0.39 is 0 Å². The summed E-state index contributed by atoms with van der Waals surface area (Å²) in [5, 5.41) is 13.3. The quantitative estimate of drug-likeness (QED) is 0.740. The molecule has 0 bridgehead atoms. The van der Waals surface area contributed by atoms with Crippen LogP contribution >= 0.6 is 12.2 Å². The van der Waals surface area contributed by atoms with Gasteiger partial charge in [-0.1, -0.05) is 12.8 Å². The Morgan fingerprint density at radius 3 is 2.92 bits per heavy atom. The molecule has 0 aliphatic heterocycles. The van der Waals surface area contributed by atoms with Crippen molar-refractivity contribution in [2.45, 2.75) is 31.8 Å². The molecule has 3 rings (SSSR count). The number of benzene rings is 1. The van der Waals surface area contributed by atoms with Gasteiger partial charge in [0.2, 0.25) is 0 Å². The fraction of sp³-hybridized carbons (Fsp3) is 0.471. The molecule has 2 aromatic rings. The zero-order valence-electron chi connectivity index (χ0n) is 13.5. The molecule has 3 N–H and O–H groups in total. The Morgan fingerprint density at radius 1 is 1.42 bits per heavy atom. The van der Waals surface area contributed by atoms with Crippen LogP contribution in [0.3, 0.4) is 0 Å². The SMILES string of the molecule is Cn1c(=S)[nH]c2cc(C(=O)NC[C@H]3CCCC[C@@H]3O)ccc2c1=O. The summed E-state index contributed by atoms with van der Waals surface area (Å²) in [7, 11) is 1.61. The largest absolute Gasteiger partial charge is 0.393 e. The topological polar surface area (TPSA) is 87.1 Å². The van der Waals surface area contributed by atoms with Crippen LogP contribution < -0.4 is 10.9 Å². The summed E-state index contributed by atoms with van der Waals surface area (Å²) in [5.41, 5.74) is 0.825. The molecule has 1 amide bonds. The maximum atomic E-state index is 12.4. The molecular weight excluding hydrogens is 326 g/mol. The highest BCUT2D eigenvalue weighted by molar-refractivity contribution is 7.71. The number of carbonyl (C=O) groups is 1. The number of fused-ring (bicyclic) bond motifs is 1. The number of H-pyrrole nitrogens is 1. The highest BCUT2D eigenvalue weighted by Crippen LogP contribution is 2.23. The molecule has 1 aromatic heterocycles. The van der Waals surface area contributed by atoms with Crippen LogP contribution in [0.4, 0.5) is 0 Å². The van der Waals surface area contributed by atoms with E-state index in [0.717, 1.165) is 25.7 Å². The number of nitrogens with one attached hydrogen (secondary N) is 2. The second-order valence-corrected chi connectivity index (χ2v) is 6.76. The van der Waals surface area contributed by atoms with Crippen molar-refractivity contribution >= 4 is 29.0 Å². The van der Waals surface area contributed by atoms with E-state index in [1.165, 1.54) is 4.57 Å². The van der Waals surface area contributed by atoms with E-state index in [1.807, 2.05) is 0 Å². The molecule has 1 aliphatic rings. The lowest BCUT2D eigenvalue weighted by molar-refractivity contribution is 0.0663. The number of amides is 1. The molecule has 0 radical (unpaired) electrons.